The molecule has 2 aromatic carbocycles. The van der Waals surface area contributed by atoms with E-state index in [2.05, 4.69) is 16.7 Å². The van der Waals surface area contributed by atoms with Gasteiger partial charge >= 0.3 is 0 Å². The van der Waals surface area contributed by atoms with Crippen LogP contribution in [0.4, 0.5) is 5.69 Å². The lowest BCUT2D eigenvalue weighted by atomic mass is 10.0. The highest BCUT2D eigenvalue weighted by atomic mass is 35.5. The Balaban J connectivity index is 0.00000243. The van der Waals surface area contributed by atoms with Gasteiger partial charge in [0.25, 0.3) is 5.91 Å². The first-order chi connectivity index (χ1) is 12.1. The first-order valence-corrected chi connectivity index (χ1v) is 8.99. The predicted octanol–water partition coefficient (Wildman–Crippen LogP) is 3.76. The van der Waals surface area contributed by atoms with Crippen molar-refractivity contribution >= 4 is 35.6 Å². The van der Waals surface area contributed by atoms with Gasteiger partial charge in [0, 0.05) is 26.2 Å². The van der Waals surface area contributed by atoms with Gasteiger partial charge in [-0.2, -0.15) is 0 Å². The van der Waals surface area contributed by atoms with Crippen LogP contribution in [0.3, 0.4) is 0 Å². The monoisotopic (exact) mass is 393 g/mol. The summed E-state index contributed by atoms with van der Waals surface area (Å²) in [4.78, 5) is 13.5. The van der Waals surface area contributed by atoms with Crippen LogP contribution >= 0.6 is 24.0 Å². The number of hydrogen-bond donors (Lipinski definition) is 2. The molecule has 6 heteroatoms. The molecule has 0 spiro atoms. The summed E-state index contributed by atoms with van der Waals surface area (Å²) < 4.78 is 0. The molecule has 0 bridgehead atoms. The molecule has 26 heavy (non-hydrogen) atoms. The number of hydrogen-bond acceptors (Lipinski definition) is 3. The van der Waals surface area contributed by atoms with E-state index in [-0.39, 0.29) is 18.3 Å². The van der Waals surface area contributed by atoms with E-state index in [9.17, 15) is 4.79 Å². The lowest BCUT2D eigenvalue weighted by Crippen LogP contribution is -2.21. The van der Waals surface area contributed by atoms with Crippen LogP contribution in [0.15, 0.2) is 36.4 Å². The number of amides is 1. The average Bonchev–Trinajstić information content (AvgIpc) is 2.86. The van der Waals surface area contributed by atoms with Crippen molar-refractivity contribution in [3.8, 4) is 0 Å². The van der Waals surface area contributed by atoms with E-state index in [1.165, 1.54) is 11.1 Å². The summed E-state index contributed by atoms with van der Waals surface area (Å²) in [6, 6.07) is 11.8. The van der Waals surface area contributed by atoms with Gasteiger partial charge in [0.15, 0.2) is 0 Å². The summed E-state index contributed by atoms with van der Waals surface area (Å²) >= 11 is 6.45. The molecule has 4 nitrogen and oxygen atoms in total. The summed E-state index contributed by atoms with van der Waals surface area (Å²) in [5, 5.41) is 7.70. The lowest BCUT2D eigenvalue weighted by Gasteiger charge is -2.16. The second kappa shape index (κ2) is 9.26. The zero-order valence-corrected chi connectivity index (χ0v) is 16.7. The highest BCUT2D eigenvalue weighted by molar-refractivity contribution is 6.33. The van der Waals surface area contributed by atoms with Crippen molar-refractivity contribution in [2.45, 2.75) is 19.4 Å². The second-order valence-electron chi connectivity index (χ2n) is 6.56. The van der Waals surface area contributed by atoms with E-state index in [0.717, 1.165) is 42.2 Å². The Hall–Kier alpha value is -1.75. The van der Waals surface area contributed by atoms with Crippen molar-refractivity contribution in [3.63, 3.8) is 0 Å². The smallest absolute Gasteiger partial charge is 0.253 e. The second-order valence-corrected chi connectivity index (χ2v) is 6.97. The third-order valence-electron chi connectivity index (χ3n) is 4.56. The topological polar surface area (TPSA) is 44.4 Å². The van der Waals surface area contributed by atoms with Crippen molar-refractivity contribution in [1.29, 1.82) is 0 Å². The third kappa shape index (κ3) is 4.70. The van der Waals surface area contributed by atoms with Crippen molar-refractivity contribution < 1.29 is 4.79 Å². The maximum absolute atomic E-state index is 12.0. The van der Waals surface area contributed by atoms with Gasteiger partial charge in [-0.15, -0.1) is 12.4 Å². The van der Waals surface area contributed by atoms with Crippen LogP contribution in [0, 0.1) is 0 Å². The van der Waals surface area contributed by atoms with E-state index < -0.39 is 0 Å². The Morgan fingerprint density at radius 2 is 1.81 bits per heavy atom. The van der Waals surface area contributed by atoms with Crippen molar-refractivity contribution in [2.24, 2.45) is 0 Å². The summed E-state index contributed by atoms with van der Waals surface area (Å²) in [7, 11) is 3.52. The Bertz CT molecular complexity index is 760. The molecule has 0 fully saturated rings. The molecule has 140 valence electrons. The number of rotatable bonds is 4. The van der Waals surface area contributed by atoms with Crippen LogP contribution in [0.1, 0.15) is 27.0 Å². The summed E-state index contributed by atoms with van der Waals surface area (Å²) in [6.45, 7) is 2.67. The number of halogens is 2. The minimum Gasteiger partial charge on any atom is -0.380 e. The number of nitrogens with one attached hydrogen (secondary N) is 2. The number of anilines is 1. The molecule has 1 aliphatic heterocycles. The Morgan fingerprint density at radius 1 is 1.12 bits per heavy atom. The van der Waals surface area contributed by atoms with Crippen LogP contribution in [0.5, 0.6) is 0 Å². The molecule has 1 heterocycles. The molecule has 1 aliphatic rings. The van der Waals surface area contributed by atoms with Crippen LogP contribution in [-0.2, 0) is 19.4 Å². The highest BCUT2D eigenvalue weighted by Gasteiger charge is 2.14. The van der Waals surface area contributed by atoms with Gasteiger partial charge < -0.3 is 15.5 Å². The fourth-order valence-electron chi connectivity index (χ4n) is 3.15. The predicted molar refractivity (Wildman–Crippen MR) is 111 cm³/mol. The van der Waals surface area contributed by atoms with E-state index >= 15 is 0 Å². The number of fused-ring (bicyclic) bond motifs is 1. The first-order valence-electron chi connectivity index (χ1n) is 8.61. The zero-order chi connectivity index (χ0) is 17.8. The van der Waals surface area contributed by atoms with Gasteiger partial charge in [-0.05, 0) is 60.8 Å². The van der Waals surface area contributed by atoms with Crippen LogP contribution in [0.25, 0.3) is 0 Å². The van der Waals surface area contributed by atoms with Gasteiger partial charge in [0.05, 0.1) is 10.7 Å². The van der Waals surface area contributed by atoms with E-state index in [4.69, 9.17) is 11.6 Å². The SMILES string of the molecule is CN(C)C(=O)c1ccc(CNc2c(Cl)ccc3c2CCNCC3)cc1.Cl. The quantitative estimate of drug-likeness (QED) is 0.830. The Labute approximate surface area is 166 Å². The van der Waals surface area contributed by atoms with Gasteiger partial charge in [0.1, 0.15) is 0 Å². The van der Waals surface area contributed by atoms with Crippen LogP contribution < -0.4 is 10.6 Å². The number of carbonyl (C=O) groups is 1. The highest BCUT2D eigenvalue weighted by Crippen LogP contribution is 2.31. The fraction of sp³-hybridized carbons (Fsp3) is 0.350. The Kier molecular flexibility index (Phi) is 7.33. The van der Waals surface area contributed by atoms with E-state index in [1.807, 2.05) is 30.3 Å². The molecule has 0 atom stereocenters. The molecule has 0 radical (unpaired) electrons. The molecule has 1 amide bonds. The molecule has 3 rings (SSSR count). The average molecular weight is 394 g/mol. The number of benzene rings is 2. The van der Waals surface area contributed by atoms with Gasteiger partial charge in [0.2, 0.25) is 0 Å². The zero-order valence-electron chi connectivity index (χ0n) is 15.1. The molecular formula is C20H25Cl2N3O. The lowest BCUT2D eigenvalue weighted by molar-refractivity contribution is 0.0827. The summed E-state index contributed by atoms with van der Waals surface area (Å²) in [6.07, 6.45) is 2.01. The van der Waals surface area contributed by atoms with Crippen LogP contribution in [-0.4, -0.2) is 38.0 Å². The van der Waals surface area contributed by atoms with Gasteiger partial charge in [-0.3, -0.25) is 4.79 Å². The standard InChI is InChI=1S/C20H24ClN3O.ClH/c1-24(2)20(25)16-5-3-14(4-6-16)13-23-19-17-10-12-22-11-9-15(17)7-8-18(19)21;/h3-8,22-23H,9-13H2,1-2H3;1H. The summed E-state index contributed by atoms with van der Waals surface area (Å²) in [5.41, 5.74) is 5.54. The molecule has 0 aromatic heterocycles. The molecule has 0 unspecified atom stereocenters. The van der Waals surface area contributed by atoms with Gasteiger partial charge in [-0.25, -0.2) is 0 Å². The first kappa shape index (κ1) is 20.6. The van der Waals surface area contributed by atoms with E-state index in [0.29, 0.717) is 12.1 Å². The summed E-state index contributed by atoms with van der Waals surface area (Å²) in [5.74, 6) is 0.0171. The Morgan fingerprint density at radius 3 is 2.50 bits per heavy atom. The maximum Gasteiger partial charge on any atom is 0.253 e. The van der Waals surface area contributed by atoms with E-state index in [1.54, 1.807) is 19.0 Å². The molecular weight excluding hydrogens is 369 g/mol. The van der Waals surface area contributed by atoms with Crippen molar-refractivity contribution in [1.82, 2.24) is 10.2 Å². The largest absolute Gasteiger partial charge is 0.380 e. The number of carbonyl (C=O) groups excluding carboxylic acids is 1. The molecule has 2 N–H and O–H groups in total. The minimum absolute atomic E-state index is 0. The molecule has 0 saturated heterocycles. The van der Waals surface area contributed by atoms with Crippen molar-refractivity contribution in [2.75, 3.05) is 32.5 Å². The third-order valence-corrected chi connectivity index (χ3v) is 4.87. The maximum atomic E-state index is 12.0. The van der Waals surface area contributed by atoms with Crippen molar-refractivity contribution in [3.05, 3.63) is 63.7 Å². The molecule has 0 aliphatic carbocycles. The van der Waals surface area contributed by atoms with Gasteiger partial charge in [-0.1, -0.05) is 29.8 Å². The number of nitrogens with zero attached hydrogens (tertiary/aromatic N) is 1. The van der Waals surface area contributed by atoms with Crippen LogP contribution in [0.2, 0.25) is 5.02 Å². The fourth-order valence-corrected chi connectivity index (χ4v) is 3.39. The minimum atomic E-state index is 0. The molecule has 0 saturated carbocycles. The normalized spacial score (nSPS) is 13.2. The molecule has 2 aromatic rings.